The van der Waals surface area contributed by atoms with Crippen LogP contribution >= 0.6 is 0 Å². The number of hydrogen-bond acceptors (Lipinski definition) is 3. The molecule has 0 radical (unpaired) electrons. The van der Waals surface area contributed by atoms with Crippen LogP contribution in [0.2, 0.25) is 0 Å². The van der Waals surface area contributed by atoms with E-state index in [1.807, 2.05) is 0 Å². The molecule has 3 N–H and O–H groups in total. The van der Waals surface area contributed by atoms with Crippen molar-refractivity contribution < 1.29 is 9.53 Å². The van der Waals surface area contributed by atoms with Crippen LogP contribution in [0.25, 0.3) is 0 Å². The summed E-state index contributed by atoms with van der Waals surface area (Å²) in [5.74, 6) is 0.524. The second-order valence-corrected chi connectivity index (χ2v) is 3.55. The van der Waals surface area contributed by atoms with E-state index < -0.39 is 0 Å². The lowest BCUT2D eigenvalue weighted by atomic mass is 10.3. The lowest BCUT2D eigenvalue weighted by Crippen LogP contribution is -2.42. The molecule has 0 aromatic carbocycles. The molecule has 0 aromatic heterocycles. The Labute approximate surface area is 78.8 Å². The second kappa shape index (κ2) is 5.19. The normalized spacial score (nSPS) is 18.5. The van der Waals surface area contributed by atoms with Crippen molar-refractivity contribution in [1.29, 1.82) is 0 Å². The van der Waals surface area contributed by atoms with Gasteiger partial charge in [0.15, 0.2) is 0 Å². The quantitative estimate of drug-likeness (QED) is 0.545. The van der Waals surface area contributed by atoms with Gasteiger partial charge in [-0.25, -0.2) is 0 Å². The number of hydrogen-bond donors (Lipinski definition) is 2. The number of carbonyl (C=O) groups excluding carboxylic acids is 1. The topological polar surface area (TPSA) is 64.3 Å². The first-order chi connectivity index (χ1) is 6.24. The van der Waals surface area contributed by atoms with Crippen LogP contribution in [0.4, 0.5) is 0 Å². The van der Waals surface area contributed by atoms with Gasteiger partial charge in [0.25, 0.3) is 0 Å². The Bertz CT molecular complexity index is 169. The van der Waals surface area contributed by atoms with E-state index in [1.54, 1.807) is 7.05 Å². The molecule has 1 aliphatic carbocycles. The van der Waals surface area contributed by atoms with Gasteiger partial charge >= 0.3 is 0 Å². The molecule has 4 nitrogen and oxygen atoms in total. The van der Waals surface area contributed by atoms with Crippen molar-refractivity contribution in [2.24, 2.45) is 11.7 Å². The third-order valence-corrected chi connectivity index (χ3v) is 2.34. The van der Waals surface area contributed by atoms with E-state index in [1.165, 1.54) is 12.8 Å². The predicted octanol–water partition coefficient (Wildman–Crippen LogP) is -0.124. The van der Waals surface area contributed by atoms with Gasteiger partial charge in [0.2, 0.25) is 5.91 Å². The summed E-state index contributed by atoms with van der Waals surface area (Å²) < 4.78 is 5.34. The Morgan fingerprint density at radius 3 is 2.85 bits per heavy atom. The summed E-state index contributed by atoms with van der Waals surface area (Å²) in [7, 11) is 1.71. The summed E-state index contributed by atoms with van der Waals surface area (Å²) in [5, 5.41) is 2.81. The van der Waals surface area contributed by atoms with E-state index in [2.05, 4.69) is 5.32 Å². The van der Waals surface area contributed by atoms with Crippen LogP contribution in [-0.2, 0) is 9.53 Å². The Morgan fingerprint density at radius 2 is 2.38 bits per heavy atom. The van der Waals surface area contributed by atoms with Crippen molar-refractivity contribution in [3.63, 3.8) is 0 Å². The minimum Gasteiger partial charge on any atom is -0.379 e. The molecule has 0 aromatic rings. The maximum absolute atomic E-state index is 10.8. The fourth-order valence-corrected chi connectivity index (χ4v) is 1.17. The highest BCUT2D eigenvalue weighted by Crippen LogP contribution is 2.31. The number of likely N-dealkylation sites (N-methyl/N-ethyl adjacent to an activating group) is 1. The third-order valence-electron chi connectivity index (χ3n) is 2.34. The lowest BCUT2D eigenvalue weighted by molar-refractivity contribution is -0.121. The number of nitrogens with two attached hydrogens (primary N) is 1. The van der Waals surface area contributed by atoms with Crippen LogP contribution in [0.3, 0.4) is 0 Å². The summed E-state index contributed by atoms with van der Waals surface area (Å²) in [6, 6.07) is -0.348. The molecule has 1 atom stereocenters. The molecule has 13 heavy (non-hydrogen) atoms. The Balaban J connectivity index is 1.98. The van der Waals surface area contributed by atoms with E-state index in [9.17, 15) is 4.79 Å². The summed E-state index contributed by atoms with van der Waals surface area (Å²) in [6.45, 7) is 1.13. The molecule has 1 saturated carbocycles. The van der Waals surface area contributed by atoms with Gasteiger partial charge < -0.3 is 15.8 Å². The van der Waals surface area contributed by atoms with Crippen LogP contribution in [-0.4, -0.2) is 32.2 Å². The van der Waals surface area contributed by atoms with Gasteiger partial charge in [0.1, 0.15) is 6.04 Å². The smallest absolute Gasteiger partial charge is 0.236 e. The average molecular weight is 186 g/mol. The zero-order valence-corrected chi connectivity index (χ0v) is 8.08. The number of amides is 1. The molecule has 76 valence electrons. The molecule has 0 saturated heterocycles. The second-order valence-electron chi connectivity index (χ2n) is 3.55. The van der Waals surface area contributed by atoms with Gasteiger partial charge in [0, 0.05) is 6.61 Å². The zero-order chi connectivity index (χ0) is 9.68. The minimum atomic E-state index is -0.353. The predicted molar refractivity (Wildman–Crippen MR) is 50.2 cm³/mol. The van der Waals surface area contributed by atoms with E-state index in [0.717, 1.165) is 18.9 Å². The summed E-state index contributed by atoms with van der Waals surface area (Å²) in [5.41, 5.74) is 5.12. The molecule has 4 heteroatoms. The molecular formula is C9H18N2O2. The van der Waals surface area contributed by atoms with Crippen molar-refractivity contribution >= 4 is 5.91 Å². The number of primary amides is 1. The van der Waals surface area contributed by atoms with Gasteiger partial charge in [-0.2, -0.15) is 0 Å². The molecule has 0 spiro atoms. The highest BCUT2D eigenvalue weighted by Gasteiger charge is 2.20. The van der Waals surface area contributed by atoms with Gasteiger partial charge in [-0.1, -0.05) is 12.8 Å². The largest absolute Gasteiger partial charge is 0.379 e. The van der Waals surface area contributed by atoms with E-state index in [0.29, 0.717) is 6.61 Å². The van der Waals surface area contributed by atoms with Gasteiger partial charge in [-0.3, -0.25) is 4.79 Å². The highest BCUT2D eigenvalue weighted by molar-refractivity contribution is 5.79. The number of nitrogens with one attached hydrogen (secondary N) is 1. The van der Waals surface area contributed by atoms with Gasteiger partial charge in [-0.05, 0) is 19.4 Å². The van der Waals surface area contributed by atoms with Crippen molar-refractivity contribution in [2.45, 2.75) is 25.3 Å². The van der Waals surface area contributed by atoms with E-state index in [-0.39, 0.29) is 11.9 Å². The maximum atomic E-state index is 10.8. The van der Waals surface area contributed by atoms with Crippen LogP contribution < -0.4 is 11.1 Å². The Kier molecular flexibility index (Phi) is 4.18. The fraction of sp³-hybridized carbons (Fsp3) is 0.889. The molecule has 1 amide bonds. The highest BCUT2D eigenvalue weighted by atomic mass is 16.5. The first kappa shape index (κ1) is 10.5. The monoisotopic (exact) mass is 186 g/mol. The Hall–Kier alpha value is -0.610. The first-order valence-corrected chi connectivity index (χ1v) is 4.78. The van der Waals surface area contributed by atoms with Gasteiger partial charge in [0.05, 0.1) is 6.61 Å². The summed E-state index contributed by atoms with van der Waals surface area (Å²) >= 11 is 0. The SMILES string of the molecule is CNC(COCCC1CC1)C(N)=O. The maximum Gasteiger partial charge on any atom is 0.236 e. The average Bonchev–Trinajstić information content (AvgIpc) is 2.87. The Morgan fingerprint density at radius 1 is 1.69 bits per heavy atom. The fourth-order valence-electron chi connectivity index (χ4n) is 1.17. The third kappa shape index (κ3) is 4.24. The summed E-state index contributed by atoms with van der Waals surface area (Å²) in [6.07, 6.45) is 3.80. The van der Waals surface area contributed by atoms with Gasteiger partial charge in [-0.15, -0.1) is 0 Å². The molecule has 1 aliphatic rings. The number of carbonyl (C=O) groups is 1. The number of ether oxygens (including phenoxy) is 1. The van der Waals surface area contributed by atoms with Crippen LogP contribution in [0.5, 0.6) is 0 Å². The van der Waals surface area contributed by atoms with E-state index in [4.69, 9.17) is 10.5 Å². The number of rotatable bonds is 7. The zero-order valence-electron chi connectivity index (χ0n) is 8.08. The molecule has 0 bridgehead atoms. The molecule has 1 unspecified atom stereocenters. The summed E-state index contributed by atoms with van der Waals surface area (Å²) in [4.78, 5) is 10.8. The van der Waals surface area contributed by atoms with Crippen molar-refractivity contribution in [2.75, 3.05) is 20.3 Å². The van der Waals surface area contributed by atoms with E-state index >= 15 is 0 Å². The van der Waals surface area contributed by atoms with Crippen molar-refractivity contribution in [3.8, 4) is 0 Å². The van der Waals surface area contributed by atoms with Crippen molar-refractivity contribution in [1.82, 2.24) is 5.32 Å². The van der Waals surface area contributed by atoms with Crippen LogP contribution in [0, 0.1) is 5.92 Å². The standard InChI is InChI=1S/C9H18N2O2/c1-11-8(9(10)12)6-13-5-4-7-2-3-7/h7-8,11H,2-6H2,1H3,(H2,10,12). The lowest BCUT2D eigenvalue weighted by Gasteiger charge is -2.12. The van der Waals surface area contributed by atoms with Crippen LogP contribution in [0.15, 0.2) is 0 Å². The molecular weight excluding hydrogens is 168 g/mol. The molecule has 1 rings (SSSR count). The van der Waals surface area contributed by atoms with Crippen molar-refractivity contribution in [3.05, 3.63) is 0 Å². The molecule has 1 fully saturated rings. The first-order valence-electron chi connectivity index (χ1n) is 4.78. The minimum absolute atomic E-state index is 0.348. The molecule has 0 aliphatic heterocycles. The van der Waals surface area contributed by atoms with Crippen LogP contribution in [0.1, 0.15) is 19.3 Å². The molecule has 0 heterocycles.